The van der Waals surface area contributed by atoms with Crippen LogP contribution in [0, 0.1) is 3.57 Å². The van der Waals surface area contributed by atoms with Crippen LogP contribution in [0.25, 0.3) is 0 Å². The monoisotopic (exact) mass is 377 g/mol. The molecule has 4 heteroatoms. The van der Waals surface area contributed by atoms with E-state index in [0.29, 0.717) is 12.6 Å². The van der Waals surface area contributed by atoms with Crippen LogP contribution in [0.3, 0.4) is 0 Å². The zero-order valence-corrected chi connectivity index (χ0v) is 14.1. The molecule has 2 nitrogen and oxygen atoms in total. The molecule has 0 saturated heterocycles. The lowest BCUT2D eigenvalue weighted by Crippen LogP contribution is -2.37. The van der Waals surface area contributed by atoms with E-state index in [0.717, 1.165) is 21.3 Å². The summed E-state index contributed by atoms with van der Waals surface area (Å²) in [5.41, 5.74) is 0.807. The van der Waals surface area contributed by atoms with E-state index < -0.39 is 0 Å². The third-order valence-corrected chi connectivity index (χ3v) is 4.45. The standard InChI is InChI=1S/C14H20INOS/c1-4-13(10-18-3)16(2)9-14(17)11-5-7-12(15)8-6-11/h5-8,13H,4,9-10H2,1-3H3. The molecule has 0 heterocycles. The van der Waals surface area contributed by atoms with Gasteiger partial charge in [0.05, 0.1) is 6.54 Å². The van der Waals surface area contributed by atoms with Gasteiger partial charge in [0.1, 0.15) is 0 Å². The van der Waals surface area contributed by atoms with Gasteiger partial charge < -0.3 is 0 Å². The predicted molar refractivity (Wildman–Crippen MR) is 88.6 cm³/mol. The molecule has 0 amide bonds. The summed E-state index contributed by atoms with van der Waals surface area (Å²) < 4.78 is 1.16. The van der Waals surface area contributed by atoms with Crippen LogP contribution in [0.5, 0.6) is 0 Å². The van der Waals surface area contributed by atoms with Crippen LogP contribution in [0.15, 0.2) is 24.3 Å². The normalized spacial score (nSPS) is 12.7. The van der Waals surface area contributed by atoms with Crippen LogP contribution in [0.2, 0.25) is 0 Å². The van der Waals surface area contributed by atoms with E-state index in [-0.39, 0.29) is 5.78 Å². The number of benzene rings is 1. The van der Waals surface area contributed by atoms with Gasteiger partial charge in [-0.25, -0.2) is 0 Å². The van der Waals surface area contributed by atoms with E-state index in [1.165, 1.54) is 0 Å². The molecule has 1 unspecified atom stereocenters. The van der Waals surface area contributed by atoms with E-state index >= 15 is 0 Å². The summed E-state index contributed by atoms with van der Waals surface area (Å²) >= 11 is 4.08. The summed E-state index contributed by atoms with van der Waals surface area (Å²) in [6.45, 7) is 2.67. The molecule has 0 saturated carbocycles. The number of Topliss-reactive ketones (excluding diaryl/α,β-unsaturated/α-hetero) is 1. The van der Waals surface area contributed by atoms with Gasteiger partial charge >= 0.3 is 0 Å². The van der Waals surface area contributed by atoms with Gasteiger partial charge in [-0.15, -0.1) is 0 Å². The van der Waals surface area contributed by atoms with Crippen molar-refractivity contribution in [1.82, 2.24) is 4.90 Å². The van der Waals surface area contributed by atoms with E-state index in [1.54, 1.807) is 0 Å². The highest BCUT2D eigenvalue weighted by Gasteiger charge is 2.16. The molecule has 0 aliphatic carbocycles. The van der Waals surface area contributed by atoms with Crippen LogP contribution in [0.1, 0.15) is 23.7 Å². The molecule has 0 aliphatic rings. The van der Waals surface area contributed by atoms with Gasteiger partial charge in [-0.3, -0.25) is 9.69 Å². The quantitative estimate of drug-likeness (QED) is 0.536. The van der Waals surface area contributed by atoms with E-state index in [1.807, 2.05) is 43.1 Å². The SMILES string of the molecule is CCC(CSC)N(C)CC(=O)c1ccc(I)cc1. The van der Waals surface area contributed by atoms with Crippen molar-refractivity contribution < 1.29 is 4.79 Å². The van der Waals surface area contributed by atoms with Crippen molar-refractivity contribution in [3.63, 3.8) is 0 Å². The van der Waals surface area contributed by atoms with Crippen molar-refractivity contribution in [1.29, 1.82) is 0 Å². The van der Waals surface area contributed by atoms with Crippen LogP contribution < -0.4 is 0 Å². The van der Waals surface area contributed by atoms with Crippen molar-refractivity contribution in [3.8, 4) is 0 Å². The summed E-state index contributed by atoms with van der Waals surface area (Å²) in [5, 5.41) is 0. The topological polar surface area (TPSA) is 20.3 Å². The molecular formula is C14H20INOS. The highest BCUT2D eigenvalue weighted by atomic mass is 127. The number of carbonyl (C=O) groups excluding carboxylic acids is 1. The van der Waals surface area contributed by atoms with Gasteiger partial charge in [0.2, 0.25) is 0 Å². The van der Waals surface area contributed by atoms with Crippen molar-refractivity contribution in [2.24, 2.45) is 0 Å². The van der Waals surface area contributed by atoms with Crippen molar-refractivity contribution >= 4 is 40.1 Å². The number of ketones is 1. The van der Waals surface area contributed by atoms with E-state index in [9.17, 15) is 4.79 Å². The summed E-state index contributed by atoms with van der Waals surface area (Å²) in [4.78, 5) is 14.3. The maximum atomic E-state index is 12.1. The lowest BCUT2D eigenvalue weighted by Gasteiger charge is -2.25. The predicted octanol–water partition coefficient (Wildman–Crippen LogP) is 3.55. The minimum atomic E-state index is 0.202. The fraction of sp³-hybridized carbons (Fsp3) is 0.500. The van der Waals surface area contributed by atoms with Crippen molar-refractivity contribution in [2.45, 2.75) is 19.4 Å². The van der Waals surface area contributed by atoms with Gasteiger partial charge in [0.15, 0.2) is 5.78 Å². The largest absolute Gasteiger partial charge is 0.295 e. The van der Waals surface area contributed by atoms with E-state index in [4.69, 9.17) is 0 Å². The summed E-state index contributed by atoms with van der Waals surface area (Å²) in [6, 6.07) is 8.26. The number of thioether (sulfide) groups is 1. The highest BCUT2D eigenvalue weighted by molar-refractivity contribution is 14.1. The third kappa shape index (κ3) is 4.90. The summed E-state index contributed by atoms with van der Waals surface area (Å²) in [6.07, 6.45) is 3.19. The molecule has 0 fully saturated rings. The third-order valence-electron chi connectivity index (χ3n) is 3.01. The first kappa shape index (κ1) is 16.0. The molecule has 0 aliphatic heterocycles. The van der Waals surface area contributed by atoms with Crippen LogP contribution >= 0.6 is 34.4 Å². The number of hydrogen-bond donors (Lipinski definition) is 0. The summed E-state index contributed by atoms with van der Waals surface area (Å²) in [5.74, 6) is 1.28. The maximum absolute atomic E-state index is 12.1. The van der Waals surface area contributed by atoms with Crippen LogP contribution in [0.4, 0.5) is 0 Å². The molecule has 1 aromatic carbocycles. The fourth-order valence-electron chi connectivity index (χ4n) is 1.83. The molecule has 100 valence electrons. The minimum absolute atomic E-state index is 0.202. The molecule has 0 N–H and O–H groups in total. The molecule has 18 heavy (non-hydrogen) atoms. The fourth-order valence-corrected chi connectivity index (χ4v) is 3.07. The first-order valence-electron chi connectivity index (χ1n) is 6.06. The average Bonchev–Trinajstić information content (AvgIpc) is 2.36. The number of nitrogens with zero attached hydrogens (tertiary/aromatic N) is 1. The highest BCUT2D eigenvalue weighted by Crippen LogP contribution is 2.11. The van der Waals surface area contributed by atoms with Crippen molar-refractivity contribution in [2.75, 3.05) is 25.6 Å². The average molecular weight is 377 g/mol. The Morgan fingerprint density at radius 3 is 2.50 bits per heavy atom. The number of halogens is 1. The number of carbonyl (C=O) groups is 1. The Morgan fingerprint density at radius 1 is 1.39 bits per heavy atom. The van der Waals surface area contributed by atoms with Gasteiger partial charge in [-0.2, -0.15) is 11.8 Å². The van der Waals surface area contributed by atoms with Gasteiger partial charge in [-0.05, 0) is 54.4 Å². The van der Waals surface area contributed by atoms with Crippen molar-refractivity contribution in [3.05, 3.63) is 33.4 Å². The summed E-state index contributed by atoms with van der Waals surface area (Å²) in [7, 11) is 2.04. The zero-order chi connectivity index (χ0) is 13.5. The maximum Gasteiger partial charge on any atom is 0.176 e. The molecule has 1 rings (SSSR count). The Morgan fingerprint density at radius 2 is 2.00 bits per heavy atom. The second-order valence-electron chi connectivity index (χ2n) is 4.36. The Hall–Kier alpha value is -0.0700. The van der Waals surface area contributed by atoms with Crippen LogP contribution in [-0.4, -0.2) is 42.3 Å². The number of hydrogen-bond acceptors (Lipinski definition) is 3. The molecule has 0 spiro atoms. The van der Waals surface area contributed by atoms with E-state index in [2.05, 4.69) is 40.7 Å². The van der Waals surface area contributed by atoms with Gasteiger partial charge in [-0.1, -0.05) is 19.1 Å². The molecular weight excluding hydrogens is 357 g/mol. The second-order valence-corrected chi connectivity index (χ2v) is 6.52. The first-order valence-corrected chi connectivity index (χ1v) is 8.53. The molecule has 0 bridgehead atoms. The van der Waals surface area contributed by atoms with Gasteiger partial charge in [0, 0.05) is 20.9 Å². The number of likely N-dealkylation sites (N-methyl/N-ethyl adjacent to an activating group) is 1. The number of rotatable bonds is 7. The molecule has 0 radical (unpaired) electrons. The molecule has 1 aromatic rings. The minimum Gasteiger partial charge on any atom is -0.295 e. The van der Waals surface area contributed by atoms with Gasteiger partial charge in [0.25, 0.3) is 0 Å². The Bertz CT molecular complexity index is 380. The Labute approximate surface area is 128 Å². The Kier molecular flexibility index (Phi) is 7.26. The Balaban J connectivity index is 2.60. The molecule has 0 aromatic heterocycles. The molecule has 1 atom stereocenters. The smallest absolute Gasteiger partial charge is 0.176 e. The lowest BCUT2D eigenvalue weighted by atomic mass is 10.1. The second kappa shape index (κ2) is 8.17. The lowest BCUT2D eigenvalue weighted by molar-refractivity contribution is 0.0925. The first-order chi connectivity index (χ1) is 8.58. The van der Waals surface area contributed by atoms with Crippen LogP contribution in [-0.2, 0) is 0 Å². The zero-order valence-electron chi connectivity index (χ0n) is 11.1.